The molecule has 2 heterocycles. The molecule has 2 aliphatic heterocycles. The summed E-state index contributed by atoms with van der Waals surface area (Å²) >= 11 is 0. The monoisotopic (exact) mass is 519 g/mol. The minimum Gasteiger partial charge on any atom is -0.377 e. The normalized spacial score (nSPS) is 31.9. The summed E-state index contributed by atoms with van der Waals surface area (Å²) in [6, 6.07) is 0.866. The molecule has 0 radical (unpaired) electrons. The molecule has 3 unspecified atom stereocenters. The van der Waals surface area contributed by atoms with Crippen molar-refractivity contribution in [2.24, 2.45) is 16.3 Å². The van der Waals surface area contributed by atoms with Crippen LogP contribution in [-0.2, 0) is 9.53 Å². The van der Waals surface area contributed by atoms with Crippen molar-refractivity contribution in [1.29, 1.82) is 0 Å². The summed E-state index contributed by atoms with van der Waals surface area (Å²) in [7, 11) is 0. The van der Waals surface area contributed by atoms with Crippen LogP contribution < -0.4 is 10.6 Å². The molecule has 0 spiro atoms. The number of amides is 1. The molecule has 2 N–H and O–H groups in total. The number of guanidine groups is 1. The Morgan fingerprint density at radius 2 is 1.86 bits per heavy atom. The first-order valence-corrected chi connectivity index (χ1v) is 11.2. The first-order valence-electron chi connectivity index (χ1n) is 11.2. The average molecular weight is 519 g/mol. The molecule has 2 aliphatic carbocycles. The largest absolute Gasteiger partial charge is 0.377 e. The minimum atomic E-state index is 0. The molecule has 1 amide bonds. The third kappa shape index (κ3) is 5.18. The van der Waals surface area contributed by atoms with E-state index in [1.807, 2.05) is 0 Å². The zero-order chi connectivity index (χ0) is 19.7. The summed E-state index contributed by atoms with van der Waals surface area (Å²) in [6.07, 6.45) is 5.08. The zero-order valence-electron chi connectivity index (χ0n) is 18.2. The lowest BCUT2D eigenvalue weighted by Gasteiger charge is -2.60. The van der Waals surface area contributed by atoms with E-state index < -0.39 is 0 Å². The van der Waals surface area contributed by atoms with Crippen LogP contribution in [0.4, 0.5) is 0 Å². The molecule has 3 atom stereocenters. The van der Waals surface area contributed by atoms with Crippen molar-refractivity contribution in [3.8, 4) is 0 Å². The standard InChI is InChI=1S/C21H37N5O2.HI/c1-4-22-20(24-18-16-6-5-13-28-19(16)21(18,2)3)26-11-9-25(10-12-26)14-17(27)23-15-7-8-15;/h15-16,18-19H,4-14H2,1-3H3,(H,22,24)(H,23,27);1H. The van der Waals surface area contributed by atoms with E-state index in [-0.39, 0.29) is 35.3 Å². The SMILES string of the molecule is CCN=C(NC1C2CCCOC2C1(C)C)N1CCN(CC(=O)NC2CC2)CC1.I. The van der Waals surface area contributed by atoms with Crippen LogP contribution in [0.1, 0.15) is 46.5 Å². The highest BCUT2D eigenvalue weighted by molar-refractivity contribution is 14.0. The summed E-state index contributed by atoms with van der Waals surface area (Å²) in [5.74, 6) is 1.81. The van der Waals surface area contributed by atoms with Gasteiger partial charge < -0.3 is 20.3 Å². The van der Waals surface area contributed by atoms with E-state index in [2.05, 4.69) is 41.2 Å². The van der Waals surface area contributed by atoms with Gasteiger partial charge in [0.15, 0.2) is 5.96 Å². The molecule has 0 aromatic carbocycles. The summed E-state index contributed by atoms with van der Waals surface area (Å²) in [6.45, 7) is 12.6. The molecule has 7 nitrogen and oxygen atoms in total. The van der Waals surface area contributed by atoms with Crippen molar-refractivity contribution < 1.29 is 9.53 Å². The average Bonchev–Trinajstić information content (AvgIpc) is 3.49. The molecule has 166 valence electrons. The third-order valence-corrected chi connectivity index (χ3v) is 6.91. The van der Waals surface area contributed by atoms with Crippen LogP contribution in [0.25, 0.3) is 0 Å². The summed E-state index contributed by atoms with van der Waals surface area (Å²) in [4.78, 5) is 21.5. The van der Waals surface area contributed by atoms with Gasteiger partial charge in [-0.15, -0.1) is 24.0 Å². The van der Waals surface area contributed by atoms with Crippen molar-refractivity contribution in [2.45, 2.75) is 64.6 Å². The van der Waals surface area contributed by atoms with Crippen molar-refractivity contribution in [3.05, 3.63) is 0 Å². The van der Waals surface area contributed by atoms with E-state index in [0.29, 0.717) is 30.7 Å². The maximum absolute atomic E-state index is 12.1. The fourth-order valence-electron chi connectivity index (χ4n) is 5.16. The van der Waals surface area contributed by atoms with Crippen molar-refractivity contribution >= 4 is 35.8 Å². The van der Waals surface area contributed by atoms with Crippen molar-refractivity contribution in [1.82, 2.24) is 20.4 Å². The Hall–Kier alpha value is -0.610. The zero-order valence-corrected chi connectivity index (χ0v) is 20.5. The van der Waals surface area contributed by atoms with Gasteiger partial charge in [0.25, 0.3) is 0 Å². The van der Waals surface area contributed by atoms with E-state index in [0.717, 1.165) is 64.6 Å². The van der Waals surface area contributed by atoms with Gasteiger partial charge in [0.05, 0.1) is 12.6 Å². The highest BCUT2D eigenvalue weighted by atomic mass is 127. The molecular weight excluding hydrogens is 481 g/mol. The minimum absolute atomic E-state index is 0. The van der Waals surface area contributed by atoms with Gasteiger partial charge in [-0.05, 0) is 32.6 Å². The molecule has 29 heavy (non-hydrogen) atoms. The van der Waals surface area contributed by atoms with Gasteiger partial charge in [-0.1, -0.05) is 13.8 Å². The lowest BCUT2D eigenvalue weighted by atomic mass is 9.55. The van der Waals surface area contributed by atoms with Crippen LogP contribution in [0.5, 0.6) is 0 Å². The Labute approximate surface area is 192 Å². The van der Waals surface area contributed by atoms with E-state index in [9.17, 15) is 4.79 Å². The van der Waals surface area contributed by atoms with Crippen LogP contribution in [0.2, 0.25) is 0 Å². The van der Waals surface area contributed by atoms with Gasteiger partial charge in [-0.3, -0.25) is 14.7 Å². The predicted molar refractivity (Wildman–Crippen MR) is 126 cm³/mol. The summed E-state index contributed by atoms with van der Waals surface area (Å²) < 4.78 is 6.05. The van der Waals surface area contributed by atoms with Gasteiger partial charge in [-0.2, -0.15) is 0 Å². The Bertz CT molecular complexity index is 602. The maximum Gasteiger partial charge on any atom is 0.234 e. The van der Waals surface area contributed by atoms with Gasteiger partial charge >= 0.3 is 0 Å². The molecule has 4 fully saturated rings. The quantitative estimate of drug-likeness (QED) is 0.329. The van der Waals surface area contributed by atoms with Gasteiger partial charge in [-0.25, -0.2) is 0 Å². The molecule has 2 saturated heterocycles. The lowest BCUT2D eigenvalue weighted by Crippen LogP contribution is -2.71. The fraction of sp³-hybridized carbons (Fsp3) is 0.905. The molecule has 0 aromatic rings. The number of hydrogen-bond donors (Lipinski definition) is 2. The summed E-state index contributed by atoms with van der Waals surface area (Å²) in [5, 5.41) is 6.89. The molecule has 0 aromatic heterocycles. The summed E-state index contributed by atoms with van der Waals surface area (Å²) in [5.41, 5.74) is 0.141. The van der Waals surface area contributed by atoms with Gasteiger partial charge in [0.1, 0.15) is 0 Å². The van der Waals surface area contributed by atoms with Crippen molar-refractivity contribution in [3.63, 3.8) is 0 Å². The van der Waals surface area contributed by atoms with Crippen LogP contribution in [0, 0.1) is 11.3 Å². The second kappa shape index (κ2) is 9.68. The number of aliphatic imine (C=N–C) groups is 1. The highest BCUT2D eigenvalue weighted by Crippen LogP contribution is 2.51. The number of nitrogens with one attached hydrogen (secondary N) is 2. The number of rotatable bonds is 5. The van der Waals surface area contributed by atoms with E-state index in [1.165, 1.54) is 6.42 Å². The Morgan fingerprint density at radius 1 is 1.14 bits per heavy atom. The van der Waals surface area contributed by atoms with Crippen molar-refractivity contribution in [2.75, 3.05) is 45.9 Å². The highest BCUT2D eigenvalue weighted by Gasteiger charge is 2.58. The topological polar surface area (TPSA) is 69.2 Å². The number of fused-ring (bicyclic) bond motifs is 1. The number of hydrogen-bond acceptors (Lipinski definition) is 4. The third-order valence-electron chi connectivity index (χ3n) is 6.91. The first kappa shape index (κ1) is 23.1. The van der Waals surface area contributed by atoms with E-state index in [4.69, 9.17) is 9.73 Å². The number of nitrogens with zero attached hydrogens (tertiary/aromatic N) is 3. The molecular formula is C21H38IN5O2. The number of halogens is 1. The van der Waals surface area contributed by atoms with Gasteiger partial charge in [0, 0.05) is 62.7 Å². The molecule has 8 heteroatoms. The van der Waals surface area contributed by atoms with Crippen LogP contribution >= 0.6 is 24.0 Å². The van der Waals surface area contributed by atoms with E-state index in [1.54, 1.807) is 0 Å². The number of carbonyl (C=O) groups is 1. The Kier molecular flexibility index (Phi) is 7.70. The number of ether oxygens (including phenoxy) is 1. The fourth-order valence-corrected chi connectivity index (χ4v) is 5.16. The molecule has 2 saturated carbocycles. The Morgan fingerprint density at radius 3 is 2.52 bits per heavy atom. The Balaban J connectivity index is 0.00000240. The second-order valence-electron chi connectivity index (χ2n) is 9.44. The number of carbonyl (C=O) groups excluding carboxylic acids is 1. The van der Waals surface area contributed by atoms with Gasteiger partial charge in [0.2, 0.25) is 5.91 Å². The van der Waals surface area contributed by atoms with Crippen LogP contribution in [0.3, 0.4) is 0 Å². The second-order valence-corrected chi connectivity index (χ2v) is 9.44. The van der Waals surface area contributed by atoms with Crippen LogP contribution in [-0.4, -0.2) is 85.7 Å². The number of piperazine rings is 1. The lowest BCUT2D eigenvalue weighted by molar-refractivity contribution is -0.188. The van der Waals surface area contributed by atoms with E-state index >= 15 is 0 Å². The first-order chi connectivity index (χ1) is 13.5. The van der Waals surface area contributed by atoms with Crippen LogP contribution in [0.15, 0.2) is 4.99 Å². The molecule has 4 rings (SSSR count). The smallest absolute Gasteiger partial charge is 0.234 e. The molecule has 0 bridgehead atoms. The molecule has 4 aliphatic rings. The maximum atomic E-state index is 12.1. The predicted octanol–water partition coefficient (Wildman–Crippen LogP) is 1.67.